The molecule has 3 amide bonds. The maximum Gasteiger partial charge on any atom is 0.314 e. The van der Waals surface area contributed by atoms with Gasteiger partial charge in [-0.1, -0.05) is 13.8 Å². The molecule has 116 valence electrons. The smallest absolute Gasteiger partial charge is 0.314 e. The summed E-state index contributed by atoms with van der Waals surface area (Å²) in [5, 5.41) is 16.5. The highest BCUT2D eigenvalue weighted by molar-refractivity contribution is 5.78. The number of carbonyl (C=O) groups excluding carboxylic acids is 2. The molecule has 0 aliphatic rings. The van der Waals surface area contributed by atoms with Gasteiger partial charge in [-0.05, 0) is 18.8 Å². The minimum Gasteiger partial charge on any atom is -0.481 e. The fourth-order valence-corrected chi connectivity index (χ4v) is 1.44. The Hall–Kier alpha value is -1.79. The summed E-state index contributed by atoms with van der Waals surface area (Å²) < 4.78 is 0. The molecule has 20 heavy (non-hydrogen) atoms. The second-order valence-corrected chi connectivity index (χ2v) is 4.77. The highest BCUT2D eigenvalue weighted by atomic mass is 16.4. The Morgan fingerprint density at radius 2 is 1.75 bits per heavy atom. The molecule has 0 spiro atoms. The van der Waals surface area contributed by atoms with E-state index >= 15 is 0 Å². The molecule has 1 unspecified atom stereocenters. The van der Waals surface area contributed by atoms with Gasteiger partial charge in [-0.15, -0.1) is 0 Å². The zero-order valence-corrected chi connectivity index (χ0v) is 12.2. The van der Waals surface area contributed by atoms with Crippen molar-refractivity contribution in [1.29, 1.82) is 0 Å². The number of amides is 3. The number of carbonyl (C=O) groups is 3. The van der Waals surface area contributed by atoms with Crippen LogP contribution in [-0.2, 0) is 9.59 Å². The van der Waals surface area contributed by atoms with Gasteiger partial charge in [0.15, 0.2) is 0 Å². The second kappa shape index (κ2) is 11.1. The van der Waals surface area contributed by atoms with Crippen LogP contribution < -0.4 is 16.0 Å². The molecule has 0 saturated carbocycles. The van der Waals surface area contributed by atoms with Crippen LogP contribution in [0.25, 0.3) is 0 Å². The third-order valence-corrected chi connectivity index (χ3v) is 2.67. The normalized spacial score (nSPS) is 11.5. The van der Waals surface area contributed by atoms with E-state index in [0.29, 0.717) is 19.5 Å². The van der Waals surface area contributed by atoms with Crippen molar-refractivity contribution >= 4 is 17.9 Å². The molecule has 0 aromatic carbocycles. The van der Waals surface area contributed by atoms with E-state index in [9.17, 15) is 14.4 Å². The SMILES string of the molecule is CCCNC(=O)CCNC(=O)NCC(C)CCC(=O)O. The summed E-state index contributed by atoms with van der Waals surface area (Å²) in [5.74, 6) is -0.814. The maximum atomic E-state index is 11.4. The van der Waals surface area contributed by atoms with Crippen molar-refractivity contribution in [2.24, 2.45) is 5.92 Å². The third kappa shape index (κ3) is 11.3. The van der Waals surface area contributed by atoms with Crippen LogP contribution in [0.1, 0.15) is 39.5 Å². The van der Waals surface area contributed by atoms with Crippen LogP contribution in [0.2, 0.25) is 0 Å². The summed E-state index contributed by atoms with van der Waals surface area (Å²) in [7, 11) is 0. The Labute approximate surface area is 119 Å². The lowest BCUT2D eigenvalue weighted by Crippen LogP contribution is -2.39. The van der Waals surface area contributed by atoms with Crippen LogP contribution in [0.5, 0.6) is 0 Å². The summed E-state index contributed by atoms with van der Waals surface area (Å²) >= 11 is 0. The van der Waals surface area contributed by atoms with Gasteiger partial charge in [-0.25, -0.2) is 4.79 Å². The first kappa shape index (κ1) is 18.2. The zero-order valence-electron chi connectivity index (χ0n) is 12.2. The van der Waals surface area contributed by atoms with Crippen molar-refractivity contribution in [2.75, 3.05) is 19.6 Å². The maximum absolute atomic E-state index is 11.4. The van der Waals surface area contributed by atoms with Gasteiger partial charge in [0.05, 0.1) is 0 Å². The summed E-state index contributed by atoms with van der Waals surface area (Å²) in [6.45, 7) is 5.19. The lowest BCUT2D eigenvalue weighted by atomic mass is 10.1. The van der Waals surface area contributed by atoms with Gasteiger partial charge in [0.2, 0.25) is 5.91 Å². The van der Waals surface area contributed by atoms with Gasteiger partial charge in [0, 0.05) is 32.5 Å². The molecular formula is C13H25N3O4. The van der Waals surface area contributed by atoms with Gasteiger partial charge < -0.3 is 21.1 Å². The van der Waals surface area contributed by atoms with E-state index in [0.717, 1.165) is 6.42 Å². The van der Waals surface area contributed by atoms with Gasteiger partial charge in [0.1, 0.15) is 0 Å². The standard InChI is InChI=1S/C13H25N3O4/c1-3-7-14-11(17)6-8-15-13(20)16-9-10(2)4-5-12(18)19/h10H,3-9H2,1-2H3,(H,14,17)(H,18,19)(H2,15,16,20). The molecule has 0 heterocycles. The summed E-state index contributed by atoms with van der Waals surface area (Å²) in [4.78, 5) is 33.1. The monoisotopic (exact) mass is 287 g/mol. The molecule has 7 nitrogen and oxygen atoms in total. The second-order valence-electron chi connectivity index (χ2n) is 4.77. The van der Waals surface area contributed by atoms with Crippen LogP contribution in [0.3, 0.4) is 0 Å². The number of hydrogen-bond acceptors (Lipinski definition) is 3. The minimum absolute atomic E-state index is 0.0815. The number of urea groups is 1. The number of nitrogens with one attached hydrogen (secondary N) is 3. The largest absolute Gasteiger partial charge is 0.481 e. The highest BCUT2D eigenvalue weighted by Crippen LogP contribution is 2.03. The third-order valence-electron chi connectivity index (χ3n) is 2.67. The Kier molecular flexibility index (Phi) is 10.1. The average molecular weight is 287 g/mol. The van der Waals surface area contributed by atoms with E-state index < -0.39 is 5.97 Å². The van der Waals surface area contributed by atoms with E-state index in [1.54, 1.807) is 0 Å². The molecule has 0 fully saturated rings. The van der Waals surface area contributed by atoms with Gasteiger partial charge in [-0.2, -0.15) is 0 Å². The van der Waals surface area contributed by atoms with Crippen LogP contribution >= 0.6 is 0 Å². The Morgan fingerprint density at radius 1 is 1.05 bits per heavy atom. The van der Waals surface area contributed by atoms with Gasteiger partial charge >= 0.3 is 12.0 Å². The van der Waals surface area contributed by atoms with Crippen molar-refractivity contribution in [3.8, 4) is 0 Å². The molecule has 0 aliphatic carbocycles. The van der Waals surface area contributed by atoms with Crippen LogP contribution in [0.15, 0.2) is 0 Å². The van der Waals surface area contributed by atoms with Crippen molar-refractivity contribution in [1.82, 2.24) is 16.0 Å². The fraction of sp³-hybridized carbons (Fsp3) is 0.769. The van der Waals surface area contributed by atoms with Crippen LogP contribution in [0, 0.1) is 5.92 Å². The first-order valence-electron chi connectivity index (χ1n) is 6.95. The van der Waals surface area contributed by atoms with Crippen molar-refractivity contribution < 1.29 is 19.5 Å². The molecule has 1 atom stereocenters. The van der Waals surface area contributed by atoms with Crippen LogP contribution in [0.4, 0.5) is 4.79 Å². The quantitative estimate of drug-likeness (QED) is 0.474. The number of aliphatic carboxylic acids is 1. The minimum atomic E-state index is -0.834. The van der Waals surface area contributed by atoms with E-state index in [4.69, 9.17) is 5.11 Å². The Morgan fingerprint density at radius 3 is 2.35 bits per heavy atom. The van der Waals surface area contributed by atoms with Gasteiger partial charge in [-0.3, -0.25) is 9.59 Å². The molecule has 0 aliphatic heterocycles. The molecule has 0 aromatic rings. The van der Waals surface area contributed by atoms with Crippen LogP contribution in [-0.4, -0.2) is 42.6 Å². The summed E-state index contributed by atoms with van der Waals surface area (Å²) in [5.41, 5.74) is 0. The zero-order chi connectivity index (χ0) is 15.4. The Balaban J connectivity index is 3.58. The summed E-state index contributed by atoms with van der Waals surface area (Å²) in [6.07, 6.45) is 1.76. The highest BCUT2D eigenvalue weighted by Gasteiger charge is 2.08. The molecular weight excluding hydrogens is 262 g/mol. The van der Waals surface area contributed by atoms with Crippen molar-refractivity contribution in [2.45, 2.75) is 39.5 Å². The van der Waals surface area contributed by atoms with Crippen molar-refractivity contribution in [3.05, 3.63) is 0 Å². The average Bonchev–Trinajstić information content (AvgIpc) is 2.40. The lowest BCUT2D eigenvalue weighted by molar-refractivity contribution is -0.137. The molecule has 0 saturated heterocycles. The number of rotatable bonds is 10. The predicted octanol–water partition coefficient (Wildman–Crippen LogP) is 0.703. The predicted molar refractivity (Wildman–Crippen MR) is 75.4 cm³/mol. The van der Waals surface area contributed by atoms with E-state index in [2.05, 4.69) is 16.0 Å². The van der Waals surface area contributed by atoms with Gasteiger partial charge in [0.25, 0.3) is 0 Å². The fourth-order valence-electron chi connectivity index (χ4n) is 1.44. The molecule has 0 rings (SSSR count). The molecule has 4 N–H and O–H groups in total. The first-order chi connectivity index (χ1) is 9.45. The first-order valence-corrected chi connectivity index (χ1v) is 6.95. The number of carboxylic acids is 1. The Bertz CT molecular complexity index is 321. The summed E-state index contributed by atoms with van der Waals surface area (Å²) in [6, 6.07) is -0.338. The molecule has 7 heteroatoms. The lowest BCUT2D eigenvalue weighted by Gasteiger charge is -2.12. The number of carboxylic acid groups (broad SMARTS) is 1. The van der Waals surface area contributed by atoms with Crippen molar-refractivity contribution in [3.63, 3.8) is 0 Å². The van der Waals surface area contributed by atoms with E-state index in [-0.39, 0.29) is 37.2 Å². The van der Waals surface area contributed by atoms with E-state index in [1.807, 2.05) is 13.8 Å². The molecule has 0 radical (unpaired) electrons. The molecule has 0 aromatic heterocycles. The number of hydrogen-bond donors (Lipinski definition) is 4. The topological polar surface area (TPSA) is 108 Å². The van der Waals surface area contributed by atoms with E-state index in [1.165, 1.54) is 0 Å². The molecule has 0 bridgehead atoms.